The van der Waals surface area contributed by atoms with Gasteiger partial charge in [-0.15, -0.1) is 0 Å². The molecule has 26 heavy (non-hydrogen) atoms. The number of Topliss-reactive ketones (excluding diaryl/α,β-unsaturated/α-hetero) is 1. The molecule has 1 aromatic rings. The second kappa shape index (κ2) is 9.22. The second-order valence-electron chi connectivity index (χ2n) is 7.50. The molecular formula is C22H30O4. The Morgan fingerprint density at radius 1 is 1.08 bits per heavy atom. The van der Waals surface area contributed by atoms with E-state index < -0.39 is 0 Å². The Morgan fingerprint density at radius 3 is 2.65 bits per heavy atom. The number of rotatable bonds is 4. The van der Waals surface area contributed by atoms with Gasteiger partial charge in [-0.3, -0.25) is 4.79 Å². The minimum absolute atomic E-state index is 0.103. The lowest BCUT2D eigenvalue weighted by Crippen LogP contribution is -2.24. The Balaban J connectivity index is 1.65. The predicted molar refractivity (Wildman–Crippen MR) is 101 cm³/mol. The quantitative estimate of drug-likeness (QED) is 0.825. The topological polar surface area (TPSA) is 55.8 Å². The van der Waals surface area contributed by atoms with Crippen molar-refractivity contribution < 1.29 is 19.4 Å². The predicted octanol–water partition coefficient (Wildman–Crippen LogP) is 4.97. The first kappa shape index (κ1) is 19.0. The van der Waals surface area contributed by atoms with Gasteiger partial charge in [-0.1, -0.05) is 12.1 Å². The first-order valence-corrected chi connectivity index (χ1v) is 9.82. The van der Waals surface area contributed by atoms with Gasteiger partial charge in [0.15, 0.2) is 0 Å². The minimum Gasteiger partial charge on any atom is -0.512 e. The molecule has 0 saturated heterocycles. The molecule has 0 bridgehead atoms. The van der Waals surface area contributed by atoms with E-state index in [4.69, 9.17) is 9.47 Å². The van der Waals surface area contributed by atoms with E-state index >= 15 is 0 Å². The summed E-state index contributed by atoms with van der Waals surface area (Å²) in [5, 5.41) is 10.5. The van der Waals surface area contributed by atoms with Crippen LogP contribution in [0.2, 0.25) is 0 Å². The van der Waals surface area contributed by atoms with Crippen molar-refractivity contribution in [3.8, 4) is 5.75 Å². The number of ketones is 1. The third kappa shape index (κ3) is 4.88. The van der Waals surface area contributed by atoms with Crippen LogP contribution in [-0.4, -0.2) is 24.1 Å². The molecule has 1 aromatic carbocycles. The smallest absolute Gasteiger partial charge is 0.132 e. The van der Waals surface area contributed by atoms with Crippen LogP contribution in [-0.2, 0) is 16.1 Å². The summed E-state index contributed by atoms with van der Waals surface area (Å²) in [4.78, 5) is 12.1. The summed E-state index contributed by atoms with van der Waals surface area (Å²) in [6, 6.07) is 7.92. The van der Waals surface area contributed by atoms with E-state index in [1.165, 1.54) is 0 Å². The zero-order valence-corrected chi connectivity index (χ0v) is 15.7. The van der Waals surface area contributed by atoms with E-state index in [1.807, 2.05) is 30.3 Å². The van der Waals surface area contributed by atoms with E-state index in [9.17, 15) is 9.90 Å². The molecule has 3 atom stereocenters. The van der Waals surface area contributed by atoms with Gasteiger partial charge in [-0.2, -0.15) is 0 Å². The van der Waals surface area contributed by atoms with Crippen molar-refractivity contribution >= 4 is 5.78 Å². The molecule has 2 aliphatic rings. The number of carbonyl (C=O) groups excluding carboxylic acids is 1. The molecule has 0 spiro atoms. The third-order valence-electron chi connectivity index (χ3n) is 5.78. The number of fused-ring (bicyclic) bond motifs is 1. The van der Waals surface area contributed by atoms with Crippen molar-refractivity contribution in [3.05, 3.63) is 41.7 Å². The maximum atomic E-state index is 12.1. The first-order chi connectivity index (χ1) is 12.7. The van der Waals surface area contributed by atoms with Crippen LogP contribution in [0, 0.1) is 11.8 Å². The highest BCUT2D eigenvalue weighted by Crippen LogP contribution is 2.41. The third-order valence-corrected chi connectivity index (χ3v) is 5.78. The van der Waals surface area contributed by atoms with Gasteiger partial charge in [0, 0.05) is 18.8 Å². The van der Waals surface area contributed by atoms with Gasteiger partial charge in [0.2, 0.25) is 0 Å². The molecule has 0 unspecified atom stereocenters. The fourth-order valence-corrected chi connectivity index (χ4v) is 4.24. The summed E-state index contributed by atoms with van der Waals surface area (Å²) in [6.07, 6.45) is 8.81. The minimum atomic E-state index is 0.103. The average Bonchev–Trinajstić information content (AvgIpc) is 3.06. The lowest BCUT2D eigenvalue weighted by atomic mass is 9.87. The van der Waals surface area contributed by atoms with Crippen molar-refractivity contribution in [2.45, 2.75) is 64.1 Å². The second-order valence-corrected chi connectivity index (χ2v) is 7.50. The Labute approximate surface area is 156 Å². The zero-order chi connectivity index (χ0) is 18.4. The Morgan fingerprint density at radius 2 is 1.88 bits per heavy atom. The van der Waals surface area contributed by atoms with Crippen LogP contribution in [0.1, 0.15) is 56.9 Å². The van der Waals surface area contributed by atoms with Gasteiger partial charge in [-0.05, 0) is 68.2 Å². The lowest BCUT2D eigenvalue weighted by molar-refractivity contribution is -0.119. The maximum Gasteiger partial charge on any atom is 0.132 e. The van der Waals surface area contributed by atoms with Crippen LogP contribution in [0.3, 0.4) is 0 Å². The van der Waals surface area contributed by atoms with Crippen LogP contribution in [0.15, 0.2) is 36.1 Å². The number of aliphatic hydroxyl groups excluding tert-OH is 1. The van der Waals surface area contributed by atoms with Gasteiger partial charge in [0.25, 0.3) is 0 Å². The fourth-order valence-electron chi connectivity index (χ4n) is 4.24. The van der Waals surface area contributed by atoms with Gasteiger partial charge in [-0.25, -0.2) is 0 Å². The van der Waals surface area contributed by atoms with Crippen molar-refractivity contribution in [2.75, 3.05) is 7.11 Å². The summed E-state index contributed by atoms with van der Waals surface area (Å²) < 4.78 is 11.4. The van der Waals surface area contributed by atoms with Crippen molar-refractivity contribution in [2.24, 2.45) is 11.8 Å². The van der Waals surface area contributed by atoms with Crippen LogP contribution in [0.25, 0.3) is 0 Å². The molecule has 4 heteroatoms. The summed E-state index contributed by atoms with van der Waals surface area (Å²) in [7, 11) is 1.66. The van der Waals surface area contributed by atoms with Crippen LogP contribution in [0.4, 0.5) is 0 Å². The molecule has 1 saturated carbocycles. The van der Waals surface area contributed by atoms with E-state index in [0.717, 1.165) is 49.8 Å². The Kier molecular flexibility index (Phi) is 6.73. The molecule has 2 aliphatic carbocycles. The molecule has 1 fully saturated rings. The number of benzene rings is 1. The van der Waals surface area contributed by atoms with Gasteiger partial charge < -0.3 is 14.6 Å². The Hall–Kier alpha value is -1.81. The van der Waals surface area contributed by atoms with Gasteiger partial charge in [0.1, 0.15) is 11.5 Å². The van der Waals surface area contributed by atoms with E-state index in [2.05, 4.69) is 0 Å². The molecule has 1 N–H and O–H groups in total. The van der Waals surface area contributed by atoms with Crippen LogP contribution >= 0.6 is 0 Å². The summed E-state index contributed by atoms with van der Waals surface area (Å²) in [5.74, 6) is 2.07. The maximum absolute atomic E-state index is 12.1. The van der Waals surface area contributed by atoms with Gasteiger partial charge >= 0.3 is 0 Å². The highest BCUT2D eigenvalue weighted by molar-refractivity contribution is 5.78. The summed E-state index contributed by atoms with van der Waals surface area (Å²) >= 11 is 0. The largest absolute Gasteiger partial charge is 0.512 e. The molecule has 0 radical (unpaired) electrons. The Bertz CT molecular complexity index is 620. The standard InChI is InChI=1S/C22H30O4/c1-25-18-10-7-16(8-11-18)15-26-22-14-13-19-20(22)12-9-17(23)5-3-2-4-6-21(19)24/h6-8,10-11,19-20,22,24H,2-5,9,12-15H2,1H3/b21-6-/t19-,20-,22+/m1/s1. The number of methoxy groups -OCH3 is 1. The molecule has 0 heterocycles. The highest BCUT2D eigenvalue weighted by Gasteiger charge is 2.39. The normalized spacial score (nSPS) is 29.3. The van der Waals surface area contributed by atoms with E-state index in [0.29, 0.717) is 31.0 Å². The molecule has 4 nitrogen and oxygen atoms in total. The van der Waals surface area contributed by atoms with Crippen molar-refractivity contribution in [1.29, 1.82) is 0 Å². The molecule has 0 amide bonds. The SMILES string of the molecule is COc1ccc(CO[C@H]2CC[C@H]3/C(O)=C/CCCCC(=O)CC[C@@H]23)cc1. The van der Waals surface area contributed by atoms with Gasteiger partial charge in [0.05, 0.1) is 25.6 Å². The highest BCUT2D eigenvalue weighted by atomic mass is 16.5. The monoisotopic (exact) mass is 358 g/mol. The molecule has 0 aliphatic heterocycles. The number of aliphatic hydroxyl groups is 1. The van der Waals surface area contributed by atoms with Crippen molar-refractivity contribution in [1.82, 2.24) is 0 Å². The number of carbonyl (C=O) groups is 1. The molecule has 142 valence electrons. The fraction of sp³-hybridized carbons (Fsp3) is 0.591. The summed E-state index contributed by atoms with van der Waals surface area (Å²) in [5.41, 5.74) is 1.11. The zero-order valence-electron chi connectivity index (χ0n) is 15.7. The molecular weight excluding hydrogens is 328 g/mol. The number of ether oxygens (including phenoxy) is 2. The van der Waals surface area contributed by atoms with E-state index in [1.54, 1.807) is 7.11 Å². The molecule has 3 rings (SSSR count). The lowest BCUT2D eigenvalue weighted by Gasteiger charge is -2.25. The van der Waals surface area contributed by atoms with Crippen molar-refractivity contribution in [3.63, 3.8) is 0 Å². The van der Waals surface area contributed by atoms with E-state index in [-0.39, 0.29) is 17.9 Å². The summed E-state index contributed by atoms with van der Waals surface area (Å²) in [6.45, 7) is 0.552. The average molecular weight is 358 g/mol. The van der Waals surface area contributed by atoms with Crippen LogP contribution < -0.4 is 4.74 Å². The number of hydrogen-bond acceptors (Lipinski definition) is 4. The number of hydrogen-bond donors (Lipinski definition) is 1. The number of allylic oxidation sites excluding steroid dienone is 2. The first-order valence-electron chi connectivity index (χ1n) is 9.82. The van der Waals surface area contributed by atoms with Crippen LogP contribution in [0.5, 0.6) is 5.75 Å². The molecule has 0 aromatic heterocycles.